The lowest BCUT2D eigenvalue weighted by molar-refractivity contribution is 0.122. The molecule has 0 radical (unpaired) electrons. The van der Waals surface area contributed by atoms with Gasteiger partial charge in [-0.3, -0.25) is 9.80 Å². The number of rotatable bonds is 5. The van der Waals surface area contributed by atoms with Crippen LogP contribution < -0.4 is 4.74 Å². The van der Waals surface area contributed by atoms with Crippen LogP contribution in [0.25, 0.3) is 0 Å². The molecule has 1 saturated heterocycles. The van der Waals surface area contributed by atoms with E-state index in [0.29, 0.717) is 0 Å². The topological polar surface area (TPSA) is 15.7 Å². The molecule has 1 aliphatic rings. The summed E-state index contributed by atoms with van der Waals surface area (Å²) >= 11 is 3.57. The molecule has 1 heterocycles. The molecule has 0 spiro atoms. The molecule has 122 valence electrons. The monoisotopic (exact) mass is 374 g/mol. The fourth-order valence-electron chi connectivity index (χ4n) is 3.01. The highest BCUT2D eigenvalue weighted by Gasteiger charge is 2.17. The summed E-state index contributed by atoms with van der Waals surface area (Å²) < 4.78 is 6.32. The minimum Gasteiger partial charge on any atom is -0.496 e. The highest BCUT2D eigenvalue weighted by atomic mass is 79.9. The second-order valence-electron chi connectivity index (χ2n) is 6.01. The summed E-state index contributed by atoms with van der Waals surface area (Å²) in [5, 5.41) is 0. The third-order valence-electron chi connectivity index (χ3n) is 4.34. The Kier molecular flexibility index (Phi) is 5.70. The highest BCUT2D eigenvalue weighted by molar-refractivity contribution is 9.10. The van der Waals surface area contributed by atoms with Gasteiger partial charge in [0, 0.05) is 39.3 Å². The highest BCUT2D eigenvalue weighted by Crippen LogP contribution is 2.26. The van der Waals surface area contributed by atoms with Crippen molar-refractivity contribution < 1.29 is 4.74 Å². The van der Waals surface area contributed by atoms with Gasteiger partial charge in [-0.2, -0.15) is 0 Å². The lowest BCUT2D eigenvalue weighted by Gasteiger charge is -2.34. The van der Waals surface area contributed by atoms with Gasteiger partial charge in [0.2, 0.25) is 0 Å². The predicted octanol–water partition coefficient (Wildman–Crippen LogP) is 3.78. The standard InChI is InChI=1S/C19H23BrN2O/c1-23-19-8-7-17(13-18(19)20)15-22-11-9-21(10-12-22)14-16-5-3-2-4-6-16/h2-8,13H,9-12,14-15H2,1H3. The van der Waals surface area contributed by atoms with Gasteiger partial charge in [0.1, 0.15) is 5.75 Å². The molecule has 0 aliphatic carbocycles. The van der Waals surface area contributed by atoms with Crippen molar-refractivity contribution >= 4 is 15.9 Å². The molecule has 2 aromatic rings. The van der Waals surface area contributed by atoms with Crippen molar-refractivity contribution in [1.29, 1.82) is 0 Å². The summed E-state index contributed by atoms with van der Waals surface area (Å²) in [6.45, 7) is 6.57. The van der Waals surface area contributed by atoms with Crippen molar-refractivity contribution in [2.75, 3.05) is 33.3 Å². The molecule has 0 amide bonds. The van der Waals surface area contributed by atoms with Gasteiger partial charge < -0.3 is 4.74 Å². The molecule has 1 fully saturated rings. The van der Waals surface area contributed by atoms with Crippen LogP contribution in [0, 0.1) is 0 Å². The van der Waals surface area contributed by atoms with Gasteiger partial charge in [0.25, 0.3) is 0 Å². The first kappa shape index (κ1) is 16.5. The van der Waals surface area contributed by atoms with E-state index >= 15 is 0 Å². The van der Waals surface area contributed by atoms with Crippen LogP contribution in [0.3, 0.4) is 0 Å². The Hall–Kier alpha value is -1.36. The minimum atomic E-state index is 0.890. The van der Waals surface area contributed by atoms with Crippen LogP contribution in [-0.4, -0.2) is 43.1 Å². The lowest BCUT2D eigenvalue weighted by Crippen LogP contribution is -2.45. The van der Waals surface area contributed by atoms with Crippen LogP contribution in [0.1, 0.15) is 11.1 Å². The number of hydrogen-bond acceptors (Lipinski definition) is 3. The first-order valence-corrected chi connectivity index (χ1v) is 8.85. The summed E-state index contributed by atoms with van der Waals surface area (Å²) in [6, 6.07) is 17.1. The third-order valence-corrected chi connectivity index (χ3v) is 4.96. The Morgan fingerprint density at radius 1 is 0.870 bits per heavy atom. The van der Waals surface area contributed by atoms with Gasteiger partial charge in [0.05, 0.1) is 11.6 Å². The average molecular weight is 375 g/mol. The summed E-state index contributed by atoms with van der Waals surface area (Å²) in [6.07, 6.45) is 0. The SMILES string of the molecule is COc1ccc(CN2CCN(Cc3ccccc3)CC2)cc1Br. The molecule has 4 heteroatoms. The van der Waals surface area contributed by atoms with Gasteiger partial charge >= 0.3 is 0 Å². The van der Waals surface area contributed by atoms with Gasteiger partial charge in [-0.15, -0.1) is 0 Å². The molecule has 1 aliphatic heterocycles. The zero-order valence-electron chi connectivity index (χ0n) is 13.5. The van der Waals surface area contributed by atoms with E-state index in [0.717, 1.165) is 49.5 Å². The number of nitrogens with zero attached hydrogens (tertiary/aromatic N) is 2. The van der Waals surface area contributed by atoms with E-state index in [9.17, 15) is 0 Å². The smallest absolute Gasteiger partial charge is 0.133 e. The van der Waals surface area contributed by atoms with Crippen molar-refractivity contribution in [3.63, 3.8) is 0 Å². The number of hydrogen-bond donors (Lipinski definition) is 0. The zero-order valence-corrected chi connectivity index (χ0v) is 15.1. The summed E-state index contributed by atoms with van der Waals surface area (Å²) in [5.41, 5.74) is 2.73. The average Bonchev–Trinajstić information content (AvgIpc) is 2.58. The number of methoxy groups -OCH3 is 1. The van der Waals surface area contributed by atoms with Crippen LogP contribution in [-0.2, 0) is 13.1 Å². The second-order valence-corrected chi connectivity index (χ2v) is 6.86. The van der Waals surface area contributed by atoms with Crippen LogP contribution in [0.5, 0.6) is 5.75 Å². The largest absolute Gasteiger partial charge is 0.496 e. The Bertz CT molecular complexity index is 625. The van der Waals surface area contributed by atoms with Crippen LogP contribution in [0.2, 0.25) is 0 Å². The Balaban J connectivity index is 1.50. The van der Waals surface area contributed by atoms with E-state index in [1.807, 2.05) is 6.07 Å². The number of piperazine rings is 1. The summed E-state index contributed by atoms with van der Waals surface area (Å²) in [4.78, 5) is 5.06. The van der Waals surface area contributed by atoms with E-state index in [-0.39, 0.29) is 0 Å². The zero-order chi connectivity index (χ0) is 16.1. The summed E-state index contributed by atoms with van der Waals surface area (Å²) in [5.74, 6) is 0.890. The molecular weight excluding hydrogens is 352 g/mol. The molecule has 0 unspecified atom stereocenters. The molecule has 3 rings (SSSR count). The molecule has 0 saturated carbocycles. The van der Waals surface area contributed by atoms with E-state index in [4.69, 9.17) is 4.74 Å². The number of halogens is 1. The quantitative estimate of drug-likeness (QED) is 0.791. The third kappa shape index (κ3) is 4.56. The fourth-order valence-corrected chi connectivity index (χ4v) is 3.60. The molecule has 0 atom stereocenters. The van der Waals surface area contributed by atoms with Crippen molar-refractivity contribution in [3.05, 3.63) is 64.1 Å². The molecule has 0 N–H and O–H groups in total. The Morgan fingerprint density at radius 2 is 1.48 bits per heavy atom. The molecular formula is C19H23BrN2O. The molecule has 2 aromatic carbocycles. The van der Waals surface area contributed by atoms with Gasteiger partial charge in [0.15, 0.2) is 0 Å². The second kappa shape index (κ2) is 7.95. The maximum absolute atomic E-state index is 5.29. The van der Waals surface area contributed by atoms with Gasteiger partial charge in [-0.05, 0) is 39.2 Å². The molecule has 3 nitrogen and oxygen atoms in total. The Morgan fingerprint density at radius 3 is 2.04 bits per heavy atom. The van der Waals surface area contributed by atoms with E-state index in [2.05, 4.69) is 68.2 Å². The van der Waals surface area contributed by atoms with Crippen LogP contribution in [0.15, 0.2) is 53.0 Å². The number of benzene rings is 2. The van der Waals surface area contributed by atoms with Crippen molar-refractivity contribution in [2.45, 2.75) is 13.1 Å². The fraction of sp³-hybridized carbons (Fsp3) is 0.368. The van der Waals surface area contributed by atoms with E-state index < -0.39 is 0 Å². The lowest BCUT2D eigenvalue weighted by atomic mass is 10.1. The normalized spacial score (nSPS) is 16.4. The molecule has 0 bridgehead atoms. The van der Waals surface area contributed by atoms with E-state index in [1.54, 1.807) is 7.11 Å². The van der Waals surface area contributed by atoms with Crippen molar-refractivity contribution in [2.24, 2.45) is 0 Å². The number of ether oxygens (including phenoxy) is 1. The van der Waals surface area contributed by atoms with E-state index in [1.165, 1.54) is 11.1 Å². The predicted molar refractivity (Wildman–Crippen MR) is 97.7 cm³/mol. The Labute approximate surface area is 147 Å². The minimum absolute atomic E-state index is 0.890. The van der Waals surface area contributed by atoms with Gasteiger partial charge in [-0.1, -0.05) is 36.4 Å². The first-order valence-electron chi connectivity index (χ1n) is 8.05. The van der Waals surface area contributed by atoms with Crippen LogP contribution in [0.4, 0.5) is 0 Å². The maximum Gasteiger partial charge on any atom is 0.133 e. The maximum atomic E-state index is 5.29. The molecule has 23 heavy (non-hydrogen) atoms. The molecule has 0 aromatic heterocycles. The van der Waals surface area contributed by atoms with Crippen LogP contribution >= 0.6 is 15.9 Å². The van der Waals surface area contributed by atoms with Gasteiger partial charge in [-0.25, -0.2) is 0 Å². The van der Waals surface area contributed by atoms with Crippen molar-refractivity contribution in [1.82, 2.24) is 9.80 Å². The first-order chi connectivity index (χ1) is 11.2. The van der Waals surface area contributed by atoms with Crippen molar-refractivity contribution in [3.8, 4) is 5.75 Å². The summed E-state index contributed by atoms with van der Waals surface area (Å²) in [7, 11) is 1.70.